The zero-order valence-electron chi connectivity index (χ0n) is 59.0. The first-order chi connectivity index (χ1) is 52.3. The van der Waals surface area contributed by atoms with E-state index >= 15 is 0 Å². The van der Waals surface area contributed by atoms with Gasteiger partial charge in [0.15, 0.2) is 0 Å². The summed E-state index contributed by atoms with van der Waals surface area (Å²) in [6, 6.07) is 132. The van der Waals surface area contributed by atoms with E-state index in [9.17, 15) is 0 Å². The first kappa shape index (κ1) is 61.4. The normalized spacial score (nSPS) is 14.1. The van der Waals surface area contributed by atoms with Crippen molar-refractivity contribution in [2.24, 2.45) is 0 Å². The Morgan fingerprint density at radius 3 is 1.21 bits per heavy atom. The molecule has 2 aromatic heterocycles. The van der Waals surface area contributed by atoms with Crippen molar-refractivity contribution in [3.63, 3.8) is 0 Å². The molecule has 0 bridgehead atoms. The van der Waals surface area contributed by atoms with Gasteiger partial charge in [-0.15, -0.1) is 0 Å². The number of rotatable bonds is 12. The van der Waals surface area contributed by atoms with E-state index in [1.54, 1.807) is 0 Å². The highest BCUT2D eigenvalue weighted by Crippen LogP contribution is 2.59. The zero-order chi connectivity index (χ0) is 70.4. The lowest BCUT2D eigenvalue weighted by atomic mass is 9.74. The first-order valence-electron chi connectivity index (χ1n) is 36.9. The van der Waals surface area contributed by atoms with Crippen LogP contribution in [0.2, 0.25) is 0 Å². The molecule has 4 heteroatoms. The van der Waals surface area contributed by atoms with Crippen LogP contribution in [0, 0.1) is 0 Å². The number of hydrogen-bond donors (Lipinski definition) is 0. The summed E-state index contributed by atoms with van der Waals surface area (Å²) in [4.78, 5) is 5.04. The predicted molar refractivity (Wildman–Crippen MR) is 444 cm³/mol. The molecule has 500 valence electrons. The van der Waals surface area contributed by atoms with E-state index in [4.69, 9.17) is 8.83 Å². The van der Waals surface area contributed by atoms with Crippen LogP contribution in [-0.2, 0) is 17.3 Å². The molecule has 1 atom stereocenters. The summed E-state index contributed by atoms with van der Waals surface area (Å²) in [5, 5.41) is 11.2. The van der Waals surface area contributed by atoms with Crippen molar-refractivity contribution in [3.05, 3.63) is 386 Å². The number of benzene rings is 17. The summed E-state index contributed by atoms with van der Waals surface area (Å²) < 4.78 is 14.0. The van der Waals surface area contributed by atoms with Gasteiger partial charge in [-0.25, -0.2) is 0 Å². The van der Waals surface area contributed by atoms with Crippen LogP contribution in [0.15, 0.2) is 367 Å². The molecule has 21 rings (SSSR count). The third-order valence-electron chi connectivity index (χ3n) is 23.4. The predicted octanol–water partition coefficient (Wildman–Crippen LogP) is 28.4. The molecular weight excluding hydrogens is 1290 g/mol. The molecule has 0 saturated carbocycles. The molecule has 2 aliphatic carbocycles. The minimum atomic E-state index is -0.437. The fourth-order valence-electron chi connectivity index (χ4n) is 18.6. The van der Waals surface area contributed by atoms with Gasteiger partial charge in [0, 0.05) is 54.6 Å². The SMILES string of the molecule is CC1(C)c2ccccc2-c2c(-c3ccccc3N(c3ccccc3-c3cccc4c(CC5(C)c6ccccc6-c6c(-c7ccccc7N(c7ccccc7-c7ccccc7)c7cccc8oc9c%10ccccc%10ccc9c78)cccc65)cccc34)c3cccc4oc5c6ccccc6ccc5c34)cccc21. The minimum Gasteiger partial charge on any atom is -0.455 e. The van der Waals surface area contributed by atoms with Crippen molar-refractivity contribution in [2.45, 2.75) is 38.0 Å². The van der Waals surface area contributed by atoms with E-state index in [-0.39, 0.29) is 5.41 Å². The number of fused-ring (bicyclic) bond motifs is 17. The van der Waals surface area contributed by atoms with Crippen LogP contribution in [0.5, 0.6) is 0 Å². The maximum atomic E-state index is 7.05. The van der Waals surface area contributed by atoms with Crippen LogP contribution >= 0.6 is 0 Å². The van der Waals surface area contributed by atoms with E-state index in [2.05, 4.69) is 388 Å². The van der Waals surface area contributed by atoms with Gasteiger partial charge in [0.25, 0.3) is 0 Å². The number of nitrogens with zero attached hydrogens (tertiary/aromatic N) is 2. The van der Waals surface area contributed by atoms with Crippen LogP contribution in [0.1, 0.15) is 48.6 Å². The highest BCUT2D eigenvalue weighted by Gasteiger charge is 2.42. The van der Waals surface area contributed by atoms with Crippen LogP contribution < -0.4 is 9.80 Å². The van der Waals surface area contributed by atoms with Crippen LogP contribution in [0.3, 0.4) is 0 Å². The highest BCUT2D eigenvalue weighted by molar-refractivity contribution is 6.22. The van der Waals surface area contributed by atoms with Crippen molar-refractivity contribution in [1.29, 1.82) is 0 Å². The molecule has 17 aromatic carbocycles. The average molecular weight is 1360 g/mol. The summed E-state index contributed by atoms with van der Waals surface area (Å²) in [5.41, 5.74) is 30.1. The average Bonchev–Trinajstić information content (AvgIpc) is 1.52. The van der Waals surface area contributed by atoms with Gasteiger partial charge >= 0.3 is 0 Å². The second kappa shape index (κ2) is 23.9. The van der Waals surface area contributed by atoms with Crippen LogP contribution in [0.4, 0.5) is 34.1 Å². The molecule has 0 radical (unpaired) electrons. The molecule has 0 saturated heterocycles. The molecular formula is C102H70N2O2. The number of furan rings is 2. The van der Waals surface area contributed by atoms with Crippen LogP contribution in [-0.4, -0.2) is 0 Å². The second-order valence-electron chi connectivity index (χ2n) is 29.4. The molecule has 106 heavy (non-hydrogen) atoms. The lowest BCUT2D eigenvalue weighted by molar-refractivity contribution is 0.585. The molecule has 2 heterocycles. The molecule has 0 amide bonds. The number of hydrogen-bond acceptors (Lipinski definition) is 4. The standard InChI is InChI=1S/C102H70N2O2/c1-101(2)83-47-17-11-40-79(83)95-77(45-25-49-85(95)101)75-38-15-22-54-90(75)104(92-56-28-58-94-98(92)82-62-60-66-32-8-10-36-71(66)100(82)106-94)88-52-20-14-37-74(88)73-44-24-42-68-67(33-23-43-72(68)73)63-102(3)84-48-18-12-41-80(84)96-78(46-26-50-86(96)102)76-39-16-21-53-89(76)103(87-51-19-13-34-69(87)64-29-5-4-6-30-64)91-55-27-57-93-97(91)81-61-59-65-31-7-9-35-70(65)99(81)105-93/h4-62H,63H2,1-3H3. The quantitative estimate of drug-likeness (QED) is 0.122. The number of anilines is 6. The maximum absolute atomic E-state index is 7.05. The Kier molecular flexibility index (Phi) is 13.8. The fraction of sp³-hybridized carbons (Fsp3) is 0.0588. The Morgan fingerprint density at radius 2 is 0.623 bits per heavy atom. The topological polar surface area (TPSA) is 32.8 Å². The van der Waals surface area contributed by atoms with Crippen molar-refractivity contribution in [2.75, 3.05) is 9.80 Å². The van der Waals surface area contributed by atoms with E-state index < -0.39 is 5.41 Å². The van der Waals surface area contributed by atoms with E-state index in [0.29, 0.717) is 0 Å². The summed E-state index contributed by atoms with van der Waals surface area (Å²) in [5.74, 6) is 0. The fourth-order valence-corrected chi connectivity index (χ4v) is 18.6. The molecule has 0 spiro atoms. The second-order valence-corrected chi connectivity index (χ2v) is 29.4. The summed E-state index contributed by atoms with van der Waals surface area (Å²) in [6.07, 6.45) is 0.760. The monoisotopic (exact) mass is 1350 g/mol. The van der Waals surface area contributed by atoms with E-state index in [0.717, 1.165) is 139 Å². The Balaban J connectivity index is 0.729. The Hall–Kier alpha value is -13.3. The van der Waals surface area contributed by atoms with Gasteiger partial charge in [-0.2, -0.15) is 0 Å². The molecule has 0 aliphatic heterocycles. The van der Waals surface area contributed by atoms with Crippen molar-refractivity contribution < 1.29 is 8.83 Å². The van der Waals surface area contributed by atoms with Gasteiger partial charge in [-0.3, -0.25) is 0 Å². The molecule has 0 N–H and O–H groups in total. The van der Waals surface area contributed by atoms with Gasteiger partial charge < -0.3 is 18.6 Å². The van der Waals surface area contributed by atoms with Gasteiger partial charge in [0.05, 0.1) is 44.9 Å². The van der Waals surface area contributed by atoms with Gasteiger partial charge in [0.2, 0.25) is 0 Å². The van der Waals surface area contributed by atoms with E-state index in [1.165, 1.54) is 72.0 Å². The first-order valence-corrected chi connectivity index (χ1v) is 36.9. The Bertz CT molecular complexity index is 6830. The van der Waals surface area contributed by atoms with Crippen molar-refractivity contribution >= 4 is 110 Å². The van der Waals surface area contributed by atoms with Gasteiger partial charge in [-0.1, -0.05) is 318 Å². The van der Waals surface area contributed by atoms with Crippen molar-refractivity contribution in [1.82, 2.24) is 0 Å². The summed E-state index contributed by atoms with van der Waals surface area (Å²) >= 11 is 0. The molecule has 0 fully saturated rings. The van der Waals surface area contributed by atoms with Gasteiger partial charge in [-0.05, 0) is 161 Å². The lowest BCUT2D eigenvalue weighted by Gasteiger charge is -2.31. The van der Waals surface area contributed by atoms with Crippen LogP contribution in [0.25, 0.3) is 143 Å². The smallest absolute Gasteiger partial charge is 0.143 e. The summed E-state index contributed by atoms with van der Waals surface area (Å²) in [7, 11) is 0. The number of para-hydroxylation sites is 4. The Morgan fingerprint density at radius 1 is 0.245 bits per heavy atom. The molecule has 19 aromatic rings. The largest absolute Gasteiger partial charge is 0.455 e. The third kappa shape index (κ3) is 9.20. The molecule has 2 aliphatic rings. The zero-order valence-corrected chi connectivity index (χ0v) is 59.0. The van der Waals surface area contributed by atoms with E-state index in [1.807, 2.05) is 0 Å². The van der Waals surface area contributed by atoms with Gasteiger partial charge in [0.1, 0.15) is 22.3 Å². The maximum Gasteiger partial charge on any atom is 0.143 e. The third-order valence-corrected chi connectivity index (χ3v) is 23.4. The highest BCUT2D eigenvalue weighted by atomic mass is 16.3. The Labute approximate surface area is 615 Å². The minimum absolute atomic E-state index is 0.178. The lowest BCUT2D eigenvalue weighted by Crippen LogP contribution is -2.24. The summed E-state index contributed by atoms with van der Waals surface area (Å²) in [6.45, 7) is 7.23. The molecule has 4 nitrogen and oxygen atoms in total. The molecule has 1 unspecified atom stereocenters. The van der Waals surface area contributed by atoms with Crippen molar-refractivity contribution in [3.8, 4) is 66.8 Å².